The van der Waals surface area contributed by atoms with Crippen LogP contribution in [-0.2, 0) is 20.6 Å². The second-order valence-electron chi connectivity index (χ2n) is 8.74. The van der Waals surface area contributed by atoms with Gasteiger partial charge in [0.05, 0.1) is 0 Å². The predicted octanol–water partition coefficient (Wildman–Crippen LogP) is 7.78. The number of halogens is 2. The molecule has 1 radical (unpaired) electrons. The van der Waals surface area contributed by atoms with Gasteiger partial charge in [-0.3, -0.25) is 0 Å². The van der Waals surface area contributed by atoms with Crippen LogP contribution in [0, 0.1) is 11.6 Å². The SMILES string of the molecule is [C-]#[O+].[Cl][Re][Cl].[N]=O.c1ccc(P(c2ccccc2)c2ccccc2)cc1.c1ccc(P(c2ccccc2)c2ccccc2)cc1. The summed E-state index contributed by atoms with van der Waals surface area (Å²) < 4.78 is 7.50. The van der Waals surface area contributed by atoms with Gasteiger partial charge >= 0.3 is 46.3 Å². The van der Waals surface area contributed by atoms with Crippen molar-refractivity contribution in [3.63, 3.8) is 0 Å². The van der Waals surface area contributed by atoms with E-state index in [9.17, 15) is 0 Å². The largest absolute Gasteiger partial charge is 0.120 e. The zero-order chi connectivity index (χ0) is 32.5. The Morgan fingerprint density at radius 3 is 0.600 bits per heavy atom. The molecular weight excluding hydrogens is 809 g/mol. The van der Waals surface area contributed by atoms with E-state index < -0.39 is 31.8 Å². The number of hydrogen-bond acceptors (Lipinski definition) is 1. The molecule has 0 aromatic heterocycles. The van der Waals surface area contributed by atoms with Crippen LogP contribution < -0.4 is 37.4 Å². The normalized spacial score (nSPS) is 9.47. The van der Waals surface area contributed by atoms with Gasteiger partial charge in [-0.05, 0) is 47.7 Å². The molecule has 0 fully saturated rings. The first-order chi connectivity index (χ1) is 22.3. The molecule has 8 heteroatoms. The Labute approximate surface area is 284 Å². The van der Waals surface area contributed by atoms with E-state index >= 15 is 0 Å². The molecule has 0 unspecified atom stereocenters. The molecule has 6 aromatic carbocycles. The van der Waals surface area contributed by atoms with Crippen molar-refractivity contribution < 1.29 is 20.6 Å². The molecule has 0 amide bonds. The number of benzene rings is 6. The minimum Gasteiger partial charge on any atom is -0.120 e. The summed E-state index contributed by atoms with van der Waals surface area (Å²) in [5.74, 6) is 0. The van der Waals surface area contributed by atoms with E-state index in [1.807, 2.05) is 0 Å². The van der Waals surface area contributed by atoms with Gasteiger partial charge in [0.2, 0.25) is 0 Å². The number of rotatable bonds is 6. The third-order valence-electron chi connectivity index (χ3n) is 6.09. The maximum absolute atomic E-state index is 7.50. The molecule has 0 spiro atoms. The topological polar surface area (TPSA) is 59.3 Å². The van der Waals surface area contributed by atoms with Gasteiger partial charge in [-0.15, -0.1) is 4.91 Å². The van der Waals surface area contributed by atoms with Gasteiger partial charge in [0, 0.05) is 0 Å². The average molecular weight is 840 g/mol. The first-order valence-electron chi connectivity index (χ1n) is 13.5. The van der Waals surface area contributed by atoms with Crippen LogP contribution in [0.2, 0.25) is 0 Å². The summed E-state index contributed by atoms with van der Waals surface area (Å²) >= 11 is -0.722. The second kappa shape index (κ2) is 24.1. The van der Waals surface area contributed by atoms with Crippen LogP contribution in [-0.4, -0.2) is 0 Å². The number of hydrogen-bond donors (Lipinski definition) is 0. The van der Waals surface area contributed by atoms with E-state index in [1.165, 1.54) is 31.8 Å². The Bertz CT molecular complexity index is 1280. The van der Waals surface area contributed by atoms with Gasteiger partial charge in [-0.2, -0.15) is 0 Å². The molecule has 0 atom stereocenters. The van der Waals surface area contributed by atoms with Gasteiger partial charge in [-0.25, -0.2) is 0 Å². The Hall–Kier alpha value is -3.24. The van der Waals surface area contributed by atoms with Crippen molar-refractivity contribution in [1.82, 2.24) is 5.59 Å². The molecule has 0 saturated heterocycles. The fourth-order valence-electron chi connectivity index (χ4n) is 4.36. The van der Waals surface area contributed by atoms with E-state index in [2.05, 4.69) is 189 Å². The molecule has 6 rings (SSSR count). The Morgan fingerprint density at radius 1 is 0.378 bits per heavy atom. The van der Waals surface area contributed by atoms with Gasteiger partial charge in [-0.1, -0.05) is 182 Å². The molecule has 0 heterocycles. The molecule has 6 aromatic rings. The average Bonchev–Trinajstić information content (AvgIpc) is 3.14. The predicted molar refractivity (Wildman–Crippen MR) is 191 cm³/mol. The monoisotopic (exact) mass is 839 g/mol. The van der Waals surface area contributed by atoms with Crippen molar-refractivity contribution in [3.8, 4) is 0 Å². The Balaban J connectivity index is 0.000000262. The van der Waals surface area contributed by atoms with E-state index in [0.717, 1.165) is 0 Å². The van der Waals surface area contributed by atoms with Gasteiger partial charge in [0.25, 0.3) is 0 Å². The van der Waals surface area contributed by atoms with Crippen LogP contribution in [0.3, 0.4) is 0 Å². The van der Waals surface area contributed by atoms with Crippen LogP contribution in [0.1, 0.15) is 0 Å². The standard InChI is InChI=1S/2C18H15P.CO.2ClH.NO.Re/c2*1-4-10-16(11-5-1)19(17-12-6-2-7-13-17)18-14-8-3-9-15-18;1-2;;;1-2;/h2*1-15H;;2*1H;;/q;;;;;;+2/p-2. The minimum atomic E-state index is -0.722. The van der Waals surface area contributed by atoms with E-state index in [0.29, 0.717) is 0 Å². The van der Waals surface area contributed by atoms with E-state index in [1.54, 1.807) is 0 Å². The zero-order valence-electron chi connectivity index (χ0n) is 24.1. The smallest absolute Gasteiger partial charge is 0.120 e. The molecule has 0 aliphatic rings. The van der Waals surface area contributed by atoms with Crippen molar-refractivity contribution in [1.29, 1.82) is 0 Å². The van der Waals surface area contributed by atoms with Crippen LogP contribution in [0.25, 0.3) is 0 Å². The van der Waals surface area contributed by atoms with Crippen molar-refractivity contribution >= 4 is 66.7 Å². The quantitative estimate of drug-likeness (QED) is 0.0962. The summed E-state index contributed by atoms with van der Waals surface area (Å²) in [5, 5.41) is 8.39. The molecular formula is C37H30Cl2NO2P2Re. The van der Waals surface area contributed by atoms with Crippen molar-refractivity contribution in [2.45, 2.75) is 0 Å². The number of nitroso groups, excluding NO2 is 1. The summed E-state index contributed by atoms with van der Waals surface area (Å²) in [6.07, 6.45) is 0. The maximum Gasteiger partial charge on any atom is 0.120 e. The van der Waals surface area contributed by atoms with Crippen LogP contribution >= 0.6 is 34.9 Å². The number of nitrogens with zero attached hydrogens (tertiary/aromatic N) is 1. The van der Waals surface area contributed by atoms with Gasteiger partial charge in [0.1, 0.15) is 5.59 Å². The first kappa shape index (κ1) is 37.9. The maximum atomic E-state index is 7.50. The second-order valence-corrected chi connectivity index (χ2v) is 17.1. The fraction of sp³-hybridized carbons (Fsp3) is 0. The Kier molecular flexibility index (Phi) is 20.3. The first-order valence-corrected chi connectivity index (χ1v) is 22.9. The summed E-state index contributed by atoms with van der Waals surface area (Å²) in [6.45, 7) is 4.50. The van der Waals surface area contributed by atoms with Gasteiger partial charge < -0.3 is 0 Å². The van der Waals surface area contributed by atoms with E-state index in [4.69, 9.17) is 34.2 Å². The molecule has 226 valence electrons. The van der Waals surface area contributed by atoms with Crippen molar-refractivity contribution in [2.75, 3.05) is 0 Å². The summed E-state index contributed by atoms with van der Waals surface area (Å²) in [5.41, 5.74) is 5.75. The summed E-state index contributed by atoms with van der Waals surface area (Å²) in [4.78, 5) is 7.25. The van der Waals surface area contributed by atoms with Crippen molar-refractivity contribution in [3.05, 3.63) is 194 Å². The molecule has 3 nitrogen and oxygen atoms in total. The minimum absolute atomic E-state index is 0.446. The molecule has 0 saturated carbocycles. The summed E-state index contributed by atoms with van der Waals surface area (Å²) in [7, 11) is 8.94. The fourth-order valence-corrected chi connectivity index (χ4v) is 8.97. The van der Waals surface area contributed by atoms with Crippen LogP contribution in [0.4, 0.5) is 0 Å². The molecule has 45 heavy (non-hydrogen) atoms. The third kappa shape index (κ3) is 13.0. The molecule has 0 bridgehead atoms. The van der Waals surface area contributed by atoms with E-state index in [-0.39, 0.29) is 0 Å². The van der Waals surface area contributed by atoms with Crippen LogP contribution in [0.5, 0.6) is 0 Å². The summed E-state index contributed by atoms with van der Waals surface area (Å²) in [6, 6.07) is 64.7. The molecule has 0 N–H and O–H groups in total. The van der Waals surface area contributed by atoms with Crippen molar-refractivity contribution in [2.24, 2.45) is 0 Å². The third-order valence-corrected chi connectivity index (χ3v) is 11.0. The molecule has 0 aliphatic heterocycles. The van der Waals surface area contributed by atoms with Gasteiger partial charge in [0.15, 0.2) is 0 Å². The zero-order valence-corrected chi connectivity index (χ0v) is 30.1. The molecule has 0 aliphatic carbocycles. The Morgan fingerprint density at radius 2 is 0.489 bits per heavy atom. The van der Waals surface area contributed by atoms with Crippen LogP contribution in [0.15, 0.2) is 182 Å².